The zero-order chi connectivity index (χ0) is 24.0. The molecule has 1 N–H and O–H groups in total. The molecule has 5 rings (SSSR count). The predicted octanol–water partition coefficient (Wildman–Crippen LogP) is 2.99. The monoisotopic (exact) mass is 484 g/mol. The van der Waals surface area contributed by atoms with Crippen LogP contribution >= 0.6 is 0 Å². The van der Waals surface area contributed by atoms with Crippen molar-refractivity contribution in [3.8, 4) is 11.1 Å². The van der Waals surface area contributed by atoms with Crippen molar-refractivity contribution in [2.45, 2.75) is 22.9 Å². The summed E-state index contributed by atoms with van der Waals surface area (Å²) in [5, 5.41) is 9.96. The molecule has 6 nitrogen and oxygen atoms in total. The first kappa shape index (κ1) is 22.6. The Balaban J connectivity index is 1.42. The lowest BCUT2D eigenvalue weighted by Gasteiger charge is -2.58. The smallest absolute Gasteiger partial charge is 0.243 e. The lowest BCUT2D eigenvalue weighted by molar-refractivity contribution is -0.158. The number of carbonyl (C=O) groups is 1. The van der Waals surface area contributed by atoms with E-state index < -0.39 is 33.8 Å². The van der Waals surface area contributed by atoms with Gasteiger partial charge in [-0.05, 0) is 47.0 Å². The van der Waals surface area contributed by atoms with Crippen LogP contribution in [0.5, 0.6) is 0 Å². The van der Waals surface area contributed by atoms with E-state index in [-0.39, 0.29) is 36.3 Å². The van der Waals surface area contributed by atoms with Crippen LogP contribution in [0.3, 0.4) is 0 Å². The molecule has 1 amide bonds. The van der Waals surface area contributed by atoms with Crippen molar-refractivity contribution in [2.24, 2.45) is 0 Å². The van der Waals surface area contributed by atoms with Crippen LogP contribution < -0.4 is 0 Å². The minimum Gasteiger partial charge on any atom is -0.394 e. The van der Waals surface area contributed by atoms with Crippen molar-refractivity contribution in [1.29, 1.82) is 0 Å². The molecule has 0 unspecified atom stereocenters. The van der Waals surface area contributed by atoms with Gasteiger partial charge in [0.2, 0.25) is 15.9 Å². The largest absolute Gasteiger partial charge is 0.394 e. The molecule has 3 aromatic rings. The van der Waals surface area contributed by atoms with Gasteiger partial charge in [-0.15, -0.1) is 0 Å². The number of amides is 1. The average Bonchev–Trinajstić information content (AvgIpc) is 2.81. The number of hydrogen-bond donors (Lipinski definition) is 1. The highest BCUT2D eigenvalue weighted by molar-refractivity contribution is 7.89. The van der Waals surface area contributed by atoms with Gasteiger partial charge in [0.25, 0.3) is 0 Å². The molecule has 0 aliphatic carbocycles. The summed E-state index contributed by atoms with van der Waals surface area (Å²) in [6, 6.07) is 17.5. The first-order chi connectivity index (χ1) is 16.3. The second kappa shape index (κ2) is 8.57. The number of piperazine rings is 1. The molecular formula is C25H22F2N2O4S. The van der Waals surface area contributed by atoms with E-state index in [2.05, 4.69) is 0 Å². The van der Waals surface area contributed by atoms with E-state index in [4.69, 9.17) is 0 Å². The number of nitrogens with zero attached hydrogens (tertiary/aromatic N) is 2. The van der Waals surface area contributed by atoms with Crippen LogP contribution in [0.4, 0.5) is 8.78 Å². The highest BCUT2D eigenvalue weighted by atomic mass is 32.2. The third kappa shape index (κ3) is 3.79. The van der Waals surface area contributed by atoms with Crippen LogP contribution in [0.15, 0.2) is 77.7 Å². The molecule has 2 fully saturated rings. The molecule has 2 aliphatic rings. The maximum absolute atomic E-state index is 13.6. The molecule has 0 radical (unpaired) electrons. The molecular weight excluding hydrogens is 462 g/mol. The van der Waals surface area contributed by atoms with Gasteiger partial charge in [-0.1, -0.05) is 42.5 Å². The number of carbonyl (C=O) groups excluding carboxylic acids is 1. The second-order valence-electron chi connectivity index (χ2n) is 8.53. The molecule has 3 aromatic carbocycles. The summed E-state index contributed by atoms with van der Waals surface area (Å²) < 4.78 is 54.1. The molecule has 0 saturated carbocycles. The highest BCUT2D eigenvalue weighted by Crippen LogP contribution is 2.44. The van der Waals surface area contributed by atoms with Gasteiger partial charge in [0.15, 0.2) is 0 Å². The Morgan fingerprint density at radius 3 is 2.18 bits per heavy atom. The molecule has 0 spiro atoms. The Hall–Kier alpha value is -3.14. The second-order valence-corrected chi connectivity index (χ2v) is 10.5. The van der Waals surface area contributed by atoms with Gasteiger partial charge < -0.3 is 10.0 Å². The summed E-state index contributed by atoms with van der Waals surface area (Å²) in [4.78, 5) is 14.2. The molecule has 34 heavy (non-hydrogen) atoms. The Bertz CT molecular complexity index is 1330. The normalized spacial score (nSPS) is 22.9. The maximum Gasteiger partial charge on any atom is 0.243 e. The third-order valence-corrected chi connectivity index (χ3v) is 8.44. The number of aliphatic hydroxyl groups excluding tert-OH is 1. The van der Waals surface area contributed by atoms with Gasteiger partial charge in [0, 0.05) is 12.5 Å². The maximum atomic E-state index is 13.6. The van der Waals surface area contributed by atoms with Crippen molar-refractivity contribution >= 4 is 15.9 Å². The van der Waals surface area contributed by atoms with E-state index in [9.17, 15) is 27.1 Å². The molecule has 9 heteroatoms. The van der Waals surface area contributed by atoms with Gasteiger partial charge in [-0.25, -0.2) is 17.2 Å². The van der Waals surface area contributed by atoms with Gasteiger partial charge in [-0.2, -0.15) is 4.31 Å². The summed E-state index contributed by atoms with van der Waals surface area (Å²) in [5.41, 5.74) is 2.60. The lowest BCUT2D eigenvalue weighted by atomic mass is 9.74. The minimum atomic E-state index is -4.06. The van der Waals surface area contributed by atoms with Gasteiger partial charge in [0.05, 0.1) is 30.1 Å². The average molecular weight is 485 g/mol. The fraction of sp³-hybridized carbons (Fsp3) is 0.240. The summed E-state index contributed by atoms with van der Waals surface area (Å²) in [5.74, 6) is -1.65. The molecule has 0 bridgehead atoms. The summed E-state index contributed by atoms with van der Waals surface area (Å²) in [6.07, 6.45) is 0. The fourth-order valence-corrected chi connectivity index (χ4v) is 6.41. The van der Waals surface area contributed by atoms with E-state index >= 15 is 0 Å². The Labute approximate surface area is 196 Å². The zero-order valence-corrected chi connectivity index (χ0v) is 18.8. The van der Waals surface area contributed by atoms with E-state index in [1.807, 2.05) is 24.3 Å². The van der Waals surface area contributed by atoms with Crippen molar-refractivity contribution < 1.29 is 27.1 Å². The van der Waals surface area contributed by atoms with E-state index in [1.54, 1.807) is 17.0 Å². The number of benzene rings is 3. The molecule has 3 atom stereocenters. The third-order valence-electron chi connectivity index (χ3n) is 6.63. The van der Waals surface area contributed by atoms with Crippen molar-refractivity contribution in [3.63, 3.8) is 0 Å². The topological polar surface area (TPSA) is 77.9 Å². The van der Waals surface area contributed by atoms with Crippen molar-refractivity contribution in [2.75, 3.05) is 19.7 Å². The first-order valence-electron chi connectivity index (χ1n) is 10.8. The SMILES string of the molecule is O=C1CN(S(=O)(=O)c2cccc(F)c2)C[C@H]2[C@H](c3ccc(-c4ccc(F)cc4)cc3)[C@H](CO)N12. The van der Waals surface area contributed by atoms with Gasteiger partial charge in [0.1, 0.15) is 11.6 Å². The number of halogens is 2. The zero-order valence-electron chi connectivity index (χ0n) is 18.0. The number of sulfonamides is 1. The van der Waals surface area contributed by atoms with Crippen LogP contribution in [0.1, 0.15) is 11.5 Å². The number of aliphatic hydroxyl groups is 1. The van der Waals surface area contributed by atoms with E-state index in [0.29, 0.717) is 0 Å². The molecule has 2 heterocycles. The fourth-order valence-electron chi connectivity index (χ4n) is 4.97. The van der Waals surface area contributed by atoms with Crippen LogP contribution in [-0.4, -0.2) is 60.4 Å². The molecule has 176 valence electrons. The summed E-state index contributed by atoms with van der Waals surface area (Å²) in [6.45, 7) is -0.559. The molecule has 2 aliphatic heterocycles. The van der Waals surface area contributed by atoms with Crippen LogP contribution in [0.25, 0.3) is 11.1 Å². The standard InChI is InChI=1S/C25H22F2N2O4S/c26-19-10-8-17(9-11-19)16-4-6-18(7-5-16)25-22-13-28(14-24(31)29(22)23(25)15-30)34(32,33)21-3-1-2-20(27)12-21/h1-12,22-23,25,30H,13-15H2/t22-,23-,25-/m0/s1. The van der Waals surface area contributed by atoms with Gasteiger partial charge in [-0.3, -0.25) is 4.79 Å². The highest BCUT2D eigenvalue weighted by Gasteiger charge is 2.55. The molecule has 0 aromatic heterocycles. The Morgan fingerprint density at radius 2 is 1.56 bits per heavy atom. The van der Waals surface area contributed by atoms with E-state index in [0.717, 1.165) is 33.1 Å². The summed E-state index contributed by atoms with van der Waals surface area (Å²) in [7, 11) is -4.06. The van der Waals surface area contributed by atoms with Gasteiger partial charge >= 0.3 is 0 Å². The Kier molecular flexibility index (Phi) is 5.71. The van der Waals surface area contributed by atoms with Crippen molar-refractivity contribution in [3.05, 3.63) is 90.0 Å². The number of rotatable bonds is 5. The number of hydrogen-bond acceptors (Lipinski definition) is 4. The van der Waals surface area contributed by atoms with Crippen LogP contribution in [0, 0.1) is 11.6 Å². The summed E-state index contributed by atoms with van der Waals surface area (Å²) >= 11 is 0. The number of fused-ring (bicyclic) bond motifs is 1. The lowest BCUT2D eigenvalue weighted by Crippen LogP contribution is -2.73. The first-order valence-corrected chi connectivity index (χ1v) is 12.3. The van der Waals surface area contributed by atoms with Crippen LogP contribution in [0.2, 0.25) is 0 Å². The van der Waals surface area contributed by atoms with Crippen LogP contribution in [-0.2, 0) is 14.8 Å². The van der Waals surface area contributed by atoms with E-state index in [1.165, 1.54) is 24.3 Å². The Morgan fingerprint density at radius 1 is 0.912 bits per heavy atom. The molecule has 2 saturated heterocycles. The predicted molar refractivity (Wildman–Crippen MR) is 121 cm³/mol. The minimum absolute atomic E-state index is 0.0471. The quantitative estimate of drug-likeness (QED) is 0.604. The van der Waals surface area contributed by atoms with Crippen molar-refractivity contribution in [1.82, 2.24) is 9.21 Å².